The largest absolute Gasteiger partial charge is 0.205 e. The molecule has 20 heavy (non-hydrogen) atoms. The van der Waals surface area contributed by atoms with Crippen LogP contribution in [0.3, 0.4) is 0 Å². The van der Waals surface area contributed by atoms with Gasteiger partial charge in [0.1, 0.15) is 5.82 Å². The molecular weight excluding hydrogens is 318 g/mol. The molecule has 106 valence electrons. The van der Waals surface area contributed by atoms with Gasteiger partial charge in [-0.1, -0.05) is 53.5 Å². The summed E-state index contributed by atoms with van der Waals surface area (Å²) in [5, 5.41) is 0.912. The van der Waals surface area contributed by atoms with E-state index < -0.39 is 5.82 Å². The summed E-state index contributed by atoms with van der Waals surface area (Å²) in [6.07, 6.45) is 1.38. The predicted octanol–water partition coefficient (Wildman–Crippen LogP) is 5.77. The standard InChI is InChI=1S/C16H14Cl3F/c17-10-11(8-12-4-1-2-6-14(12)18)9-13-5-3-7-15(20)16(13)19/h1-7,11H,8-10H2. The van der Waals surface area contributed by atoms with E-state index in [0.29, 0.717) is 12.3 Å². The molecular formula is C16H14Cl3F. The topological polar surface area (TPSA) is 0 Å². The molecule has 0 bridgehead atoms. The van der Waals surface area contributed by atoms with E-state index in [0.717, 1.165) is 22.6 Å². The first kappa shape index (κ1) is 15.6. The van der Waals surface area contributed by atoms with Crippen molar-refractivity contribution in [2.24, 2.45) is 5.92 Å². The van der Waals surface area contributed by atoms with Crippen LogP contribution in [-0.4, -0.2) is 5.88 Å². The molecule has 0 radical (unpaired) electrons. The Morgan fingerprint density at radius 3 is 2.25 bits per heavy atom. The van der Waals surface area contributed by atoms with E-state index in [1.807, 2.05) is 30.3 Å². The minimum atomic E-state index is -0.393. The SMILES string of the molecule is Fc1cccc(CC(CCl)Cc2ccccc2Cl)c1Cl. The van der Waals surface area contributed by atoms with Crippen LogP contribution in [0, 0.1) is 11.7 Å². The average molecular weight is 332 g/mol. The molecule has 4 heteroatoms. The maximum absolute atomic E-state index is 13.4. The molecule has 2 aromatic carbocycles. The molecule has 0 spiro atoms. The molecule has 1 unspecified atom stereocenters. The molecule has 0 aromatic heterocycles. The van der Waals surface area contributed by atoms with Gasteiger partial charge in [0.05, 0.1) is 5.02 Å². The summed E-state index contributed by atoms with van der Waals surface area (Å²) in [4.78, 5) is 0. The van der Waals surface area contributed by atoms with Gasteiger partial charge in [-0.25, -0.2) is 4.39 Å². The number of hydrogen-bond donors (Lipinski definition) is 0. The second-order valence-corrected chi connectivity index (χ2v) is 5.83. The van der Waals surface area contributed by atoms with Crippen LogP contribution in [-0.2, 0) is 12.8 Å². The maximum Gasteiger partial charge on any atom is 0.142 e. The highest BCUT2D eigenvalue weighted by Gasteiger charge is 2.14. The third kappa shape index (κ3) is 3.88. The zero-order valence-corrected chi connectivity index (χ0v) is 13.0. The quantitative estimate of drug-likeness (QED) is 0.610. The lowest BCUT2D eigenvalue weighted by Crippen LogP contribution is -2.11. The van der Waals surface area contributed by atoms with Crippen molar-refractivity contribution in [1.29, 1.82) is 0 Å². The molecule has 0 nitrogen and oxygen atoms in total. The first-order valence-corrected chi connectivity index (χ1v) is 7.63. The smallest absolute Gasteiger partial charge is 0.142 e. The molecule has 0 aliphatic carbocycles. The van der Waals surface area contributed by atoms with Gasteiger partial charge in [0.25, 0.3) is 0 Å². The van der Waals surface area contributed by atoms with Gasteiger partial charge in [0, 0.05) is 10.9 Å². The van der Waals surface area contributed by atoms with E-state index in [1.54, 1.807) is 6.07 Å². The highest BCUT2D eigenvalue weighted by molar-refractivity contribution is 6.31. The van der Waals surface area contributed by atoms with Crippen LogP contribution in [0.25, 0.3) is 0 Å². The van der Waals surface area contributed by atoms with Crippen LogP contribution < -0.4 is 0 Å². The summed E-state index contributed by atoms with van der Waals surface area (Å²) in [7, 11) is 0. The van der Waals surface area contributed by atoms with Gasteiger partial charge in [-0.2, -0.15) is 0 Å². The molecule has 0 aliphatic rings. The molecule has 1 atom stereocenters. The number of halogens is 4. The first-order chi connectivity index (χ1) is 9.61. The fourth-order valence-corrected chi connectivity index (χ4v) is 2.81. The monoisotopic (exact) mass is 330 g/mol. The molecule has 0 fully saturated rings. The van der Waals surface area contributed by atoms with Crippen molar-refractivity contribution >= 4 is 34.8 Å². The second kappa shape index (κ2) is 7.31. The summed E-state index contributed by atoms with van der Waals surface area (Å²) in [6, 6.07) is 12.5. The van der Waals surface area contributed by atoms with Crippen molar-refractivity contribution in [3.8, 4) is 0 Å². The van der Waals surface area contributed by atoms with Crippen LogP contribution in [0.1, 0.15) is 11.1 Å². The molecule has 2 rings (SSSR count). The van der Waals surface area contributed by atoms with E-state index in [2.05, 4.69) is 0 Å². The third-order valence-corrected chi connectivity index (χ3v) is 4.45. The van der Waals surface area contributed by atoms with E-state index in [9.17, 15) is 4.39 Å². The third-order valence-electron chi connectivity index (χ3n) is 3.22. The summed E-state index contributed by atoms with van der Waals surface area (Å²) >= 11 is 18.2. The fourth-order valence-electron chi connectivity index (χ4n) is 2.17. The van der Waals surface area contributed by atoms with Gasteiger partial charge in [-0.15, -0.1) is 11.6 Å². The second-order valence-electron chi connectivity index (χ2n) is 4.73. The number of alkyl halides is 1. The molecule has 2 aromatic rings. The summed E-state index contributed by atoms with van der Waals surface area (Å²) < 4.78 is 13.4. The van der Waals surface area contributed by atoms with E-state index in [1.165, 1.54) is 6.07 Å². The molecule has 0 aliphatic heterocycles. The summed E-state index contributed by atoms with van der Waals surface area (Å²) in [6.45, 7) is 0. The van der Waals surface area contributed by atoms with E-state index in [-0.39, 0.29) is 10.9 Å². The summed E-state index contributed by atoms with van der Waals surface area (Å²) in [5.41, 5.74) is 1.83. The van der Waals surface area contributed by atoms with Gasteiger partial charge in [0.15, 0.2) is 0 Å². The Labute approximate surface area is 133 Å². The van der Waals surface area contributed by atoms with Crippen LogP contribution in [0.2, 0.25) is 10.0 Å². The Kier molecular flexibility index (Phi) is 5.71. The molecule has 0 heterocycles. The van der Waals surface area contributed by atoms with Gasteiger partial charge < -0.3 is 0 Å². The van der Waals surface area contributed by atoms with Gasteiger partial charge in [-0.05, 0) is 42.0 Å². The summed E-state index contributed by atoms with van der Waals surface area (Å²) in [5.74, 6) is 0.240. The lowest BCUT2D eigenvalue weighted by atomic mass is 9.94. The Hall–Kier alpha value is -0.760. The predicted molar refractivity (Wildman–Crippen MR) is 84.5 cm³/mol. The fraction of sp³-hybridized carbons (Fsp3) is 0.250. The molecule has 0 N–H and O–H groups in total. The average Bonchev–Trinajstić information content (AvgIpc) is 2.45. The minimum absolute atomic E-state index is 0.163. The Bertz CT molecular complexity index is 584. The van der Waals surface area contributed by atoms with Crippen LogP contribution in [0.15, 0.2) is 42.5 Å². The highest BCUT2D eigenvalue weighted by atomic mass is 35.5. The normalized spacial score (nSPS) is 12.4. The number of benzene rings is 2. The van der Waals surface area contributed by atoms with E-state index in [4.69, 9.17) is 34.8 Å². The maximum atomic E-state index is 13.4. The Morgan fingerprint density at radius 2 is 1.55 bits per heavy atom. The minimum Gasteiger partial charge on any atom is -0.205 e. The highest BCUT2D eigenvalue weighted by Crippen LogP contribution is 2.26. The number of rotatable bonds is 5. The molecule has 0 amide bonds. The Morgan fingerprint density at radius 1 is 0.900 bits per heavy atom. The van der Waals surface area contributed by atoms with Crippen molar-refractivity contribution < 1.29 is 4.39 Å². The van der Waals surface area contributed by atoms with Crippen molar-refractivity contribution in [3.05, 3.63) is 69.5 Å². The van der Waals surface area contributed by atoms with Gasteiger partial charge in [-0.3, -0.25) is 0 Å². The van der Waals surface area contributed by atoms with Gasteiger partial charge >= 0.3 is 0 Å². The lowest BCUT2D eigenvalue weighted by Gasteiger charge is -2.16. The van der Waals surface area contributed by atoms with Crippen molar-refractivity contribution in [2.45, 2.75) is 12.8 Å². The van der Waals surface area contributed by atoms with Crippen LogP contribution in [0.4, 0.5) is 4.39 Å². The zero-order chi connectivity index (χ0) is 14.5. The van der Waals surface area contributed by atoms with Crippen molar-refractivity contribution in [2.75, 3.05) is 5.88 Å². The van der Waals surface area contributed by atoms with E-state index >= 15 is 0 Å². The van der Waals surface area contributed by atoms with Crippen molar-refractivity contribution in [1.82, 2.24) is 0 Å². The molecule has 0 saturated carbocycles. The first-order valence-electron chi connectivity index (χ1n) is 6.34. The lowest BCUT2D eigenvalue weighted by molar-refractivity contribution is 0.577. The Balaban J connectivity index is 2.14. The van der Waals surface area contributed by atoms with Crippen LogP contribution >= 0.6 is 34.8 Å². The van der Waals surface area contributed by atoms with Crippen LogP contribution in [0.5, 0.6) is 0 Å². The van der Waals surface area contributed by atoms with Gasteiger partial charge in [0.2, 0.25) is 0 Å². The number of hydrogen-bond acceptors (Lipinski definition) is 0. The molecule has 0 saturated heterocycles. The zero-order valence-electron chi connectivity index (χ0n) is 10.8. The van der Waals surface area contributed by atoms with Crippen molar-refractivity contribution in [3.63, 3.8) is 0 Å².